The minimum absolute atomic E-state index is 0.764. The zero-order valence-electron chi connectivity index (χ0n) is 9.14. The molecule has 0 radical (unpaired) electrons. The zero-order valence-corrected chi connectivity index (χ0v) is 9.14. The Balaban J connectivity index is 2.49. The predicted molar refractivity (Wildman–Crippen MR) is 61.3 cm³/mol. The van der Waals surface area contributed by atoms with E-state index in [9.17, 15) is 0 Å². The van der Waals surface area contributed by atoms with E-state index in [2.05, 4.69) is 37.4 Å². The van der Waals surface area contributed by atoms with Gasteiger partial charge in [0, 0.05) is 6.54 Å². The molecule has 1 aromatic carbocycles. The van der Waals surface area contributed by atoms with E-state index >= 15 is 0 Å². The van der Waals surface area contributed by atoms with Crippen molar-refractivity contribution in [2.75, 3.05) is 13.1 Å². The van der Waals surface area contributed by atoms with Gasteiger partial charge in [0.15, 0.2) is 0 Å². The number of hydrogen-bond acceptors (Lipinski definition) is 2. The van der Waals surface area contributed by atoms with Gasteiger partial charge in [0.1, 0.15) is 0 Å². The predicted octanol–water partition coefficient (Wildman–Crippen LogP) is 1.74. The molecule has 78 valence electrons. The van der Waals surface area contributed by atoms with E-state index in [1.54, 1.807) is 0 Å². The fourth-order valence-electron chi connectivity index (χ4n) is 1.57. The molecule has 1 aromatic rings. The zero-order chi connectivity index (χ0) is 10.4. The van der Waals surface area contributed by atoms with Crippen LogP contribution in [0.15, 0.2) is 18.2 Å². The summed E-state index contributed by atoms with van der Waals surface area (Å²) < 4.78 is 0. The van der Waals surface area contributed by atoms with Gasteiger partial charge in [-0.25, -0.2) is 0 Å². The van der Waals surface area contributed by atoms with Crippen molar-refractivity contribution >= 4 is 0 Å². The fourth-order valence-corrected chi connectivity index (χ4v) is 1.57. The molecule has 0 saturated carbocycles. The van der Waals surface area contributed by atoms with Crippen LogP contribution in [0.3, 0.4) is 0 Å². The molecule has 14 heavy (non-hydrogen) atoms. The van der Waals surface area contributed by atoms with Gasteiger partial charge in [-0.2, -0.15) is 0 Å². The first-order valence-electron chi connectivity index (χ1n) is 5.21. The van der Waals surface area contributed by atoms with Gasteiger partial charge in [0.25, 0.3) is 0 Å². The van der Waals surface area contributed by atoms with Crippen LogP contribution in [0.1, 0.15) is 23.1 Å². The average molecular weight is 192 g/mol. The van der Waals surface area contributed by atoms with Gasteiger partial charge in [-0.1, -0.05) is 18.2 Å². The van der Waals surface area contributed by atoms with Crippen LogP contribution in [0.4, 0.5) is 0 Å². The summed E-state index contributed by atoms with van der Waals surface area (Å²) in [5.74, 6) is 0. The van der Waals surface area contributed by atoms with E-state index in [-0.39, 0.29) is 0 Å². The second kappa shape index (κ2) is 5.78. The third kappa shape index (κ3) is 3.13. The first kappa shape index (κ1) is 11.2. The van der Waals surface area contributed by atoms with E-state index in [0.29, 0.717) is 0 Å². The molecule has 0 spiro atoms. The third-order valence-electron chi connectivity index (χ3n) is 2.50. The van der Waals surface area contributed by atoms with Crippen molar-refractivity contribution in [1.82, 2.24) is 5.32 Å². The summed E-state index contributed by atoms with van der Waals surface area (Å²) >= 11 is 0. The van der Waals surface area contributed by atoms with E-state index < -0.39 is 0 Å². The normalized spacial score (nSPS) is 10.5. The molecule has 0 aliphatic rings. The first-order chi connectivity index (χ1) is 6.75. The lowest BCUT2D eigenvalue weighted by Gasteiger charge is -2.10. The molecule has 0 unspecified atom stereocenters. The minimum atomic E-state index is 0.764. The van der Waals surface area contributed by atoms with Gasteiger partial charge in [-0.3, -0.25) is 0 Å². The summed E-state index contributed by atoms with van der Waals surface area (Å²) in [5.41, 5.74) is 9.58. The van der Waals surface area contributed by atoms with Gasteiger partial charge in [0.2, 0.25) is 0 Å². The number of hydrogen-bond donors (Lipinski definition) is 2. The summed E-state index contributed by atoms with van der Waals surface area (Å²) in [4.78, 5) is 0. The van der Waals surface area contributed by atoms with E-state index in [1.165, 1.54) is 16.7 Å². The van der Waals surface area contributed by atoms with Crippen LogP contribution < -0.4 is 11.1 Å². The Morgan fingerprint density at radius 2 is 1.86 bits per heavy atom. The lowest BCUT2D eigenvalue weighted by atomic mass is 10.0. The molecule has 1 rings (SSSR count). The largest absolute Gasteiger partial charge is 0.330 e. The molecule has 0 bridgehead atoms. The molecule has 0 aliphatic carbocycles. The Kier molecular flexibility index (Phi) is 4.63. The van der Waals surface area contributed by atoms with E-state index in [0.717, 1.165) is 26.1 Å². The van der Waals surface area contributed by atoms with Crippen LogP contribution in [0.5, 0.6) is 0 Å². The van der Waals surface area contributed by atoms with Crippen LogP contribution in [0.2, 0.25) is 0 Å². The second-order valence-electron chi connectivity index (χ2n) is 3.69. The highest BCUT2D eigenvalue weighted by atomic mass is 14.8. The molecule has 0 heterocycles. The monoisotopic (exact) mass is 192 g/mol. The van der Waals surface area contributed by atoms with Crippen molar-refractivity contribution in [3.05, 3.63) is 34.9 Å². The molecule has 2 heteroatoms. The average Bonchev–Trinajstić information content (AvgIpc) is 2.16. The maximum atomic E-state index is 5.43. The fraction of sp³-hybridized carbons (Fsp3) is 0.500. The summed E-state index contributed by atoms with van der Waals surface area (Å²) in [6.07, 6.45) is 1.05. The van der Waals surface area contributed by atoms with E-state index in [1.807, 2.05) is 0 Å². The van der Waals surface area contributed by atoms with Gasteiger partial charge in [-0.05, 0) is 50.0 Å². The molecular formula is C12H20N2. The Labute approximate surface area is 86.5 Å². The van der Waals surface area contributed by atoms with Crippen molar-refractivity contribution in [3.63, 3.8) is 0 Å². The van der Waals surface area contributed by atoms with Gasteiger partial charge in [-0.15, -0.1) is 0 Å². The standard InChI is InChI=1S/C12H20N2/c1-10-5-3-6-11(2)12(10)9-14-8-4-7-13/h3,5-6,14H,4,7-9,13H2,1-2H3. The van der Waals surface area contributed by atoms with E-state index in [4.69, 9.17) is 5.73 Å². The number of aryl methyl sites for hydroxylation is 2. The molecule has 0 atom stereocenters. The van der Waals surface area contributed by atoms with Crippen LogP contribution in [-0.2, 0) is 6.54 Å². The third-order valence-corrected chi connectivity index (χ3v) is 2.50. The SMILES string of the molecule is Cc1cccc(C)c1CNCCCN. The quantitative estimate of drug-likeness (QED) is 0.697. The number of nitrogens with two attached hydrogens (primary N) is 1. The van der Waals surface area contributed by atoms with Crippen molar-refractivity contribution in [3.8, 4) is 0 Å². The molecule has 0 aromatic heterocycles. The van der Waals surface area contributed by atoms with Gasteiger partial charge >= 0.3 is 0 Å². The van der Waals surface area contributed by atoms with Crippen molar-refractivity contribution < 1.29 is 0 Å². The summed E-state index contributed by atoms with van der Waals surface area (Å²) in [6, 6.07) is 6.42. The maximum absolute atomic E-state index is 5.43. The second-order valence-corrected chi connectivity index (χ2v) is 3.69. The highest BCUT2D eigenvalue weighted by Crippen LogP contribution is 2.12. The Bertz CT molecular complexity index is 261. The lowest BCUT2D eigenvalue weighted by Crippen LogP contribution is -2.18. The van der Waals surface area contributed by atoms with Crippen LogP contribution >= 0.6 is 0 Å². The Morgan fingerprint density at radius 1 is 1.21 bits per heavy atom. The number of rotatable bonds is 5. The minimum Gasteiger partial charge on any atom is -0.330 e. The summed E-state index contributed by atoms with van der Waals surface area (Å²) in [6.45, 7) is 7.04. The topological polar surface area (TPSA) is 38.0 Å². The number of nitrogens with one attached hydrogen (secondary N) is 1. The molecule has 0 saturated heterocycles. The molecule has 2 nitrogen and oxygen atoms in total. The van der Waals surface area contributed by atoms with Crippen LogP contribution in [0, 0.1) is 13.8 Å². The van der Waals surface area contributed by atoms with Crippen molar-refractivity contribution in [2.24, 2.45) is 5.73 Å². The lowest BCUT2D eigenvalue weighted by molar-refractivity contribution is 0.652. The summed E-state index contributed by atoms with van der Waals surface area (Å²) in [7, 11) is 0. The molecule has 0 aliphatic heterocycles. The first-order valence-corrected chi connectivity index (χ1v) is 5.21. The molecule has 0 amide bonds. The Morgan fingerprint density at radius 3 is 2.43 bits per heavy atom. The van der Waals surface area contributed by atoms with Crippen molar-refractivity contribution in [1.29, 1.82) is 0 Å². The summed E-state index contributed by atoms with van der Waals surface area (Å²) in [5, 5.41) is 3.40. The highest BCUT2D eigenvalue weighted by molar-refractivity contribution is 5.33. The van der Waals surface area contributed by atoms with Crippen LogP contribution in [-0.4, -0.2) is 13.1 Å². The smallest absolute Gasteiger partial charge is 0.0210 e. The molecule has 3 N–H and O–H groups in total. The van der Waals surface area contributed by atoms with Gasteiger partial charge in [0.05, 0.1) is 0 Å². The molecular weight excluding hydrogens is 172 g/mol. The van der Waals surface area contributed by atoms with Gasteiger partial charge < -0.3 is 11.1 Å². The Hall–Kier alpha value is -0.860. The maximum Gasteiger partial charge on any atom is 0.0210 e. The van der Waals surface area contributed by atoms with Crippen molar-refractivity contribution in [2.45, 2.75) is 26.8 Å². The number of benzene rings is 1. The molecule has 0 fully saturated rings. The highest BCUT2D eigenvalue weighted by Gasteiger charge is 2.00. The van der Waals surface area contributed by atoms with Crippen LogP contribution in [0.25, 0.3) is 0 Å².